The van der Waals surface area contributed by atoms with Crippen LogP contribution in [0.1, 0.15) is 38.1 Å². The quantitative estimate of drug-likeness (QED) is 0.458. The molecule has 0 heterocycles. The monoisotopic (exact) mass is 411 g/mol. The molecule has 0 saturated heterocycles. The number of amides is 3. The number of nitrogens with one attached hydrogen (secondary N) is 3. The van der Waals surface area contributed by atoms with Gasteiger partial charge in [0.1, 0.15) is 0 Å². The van der Waals surface area contributed by atoms with Crippen molar-refractivity contribution in [2.75, 3.05) is 6.54 Å². The summed E-state index contributed by atoms with van der Waals surface area (Å²) in [5.41, 5.74) is -0.478. The van der Waals surface area contributed by atoms with Crippen LogP contribution in [0, 0.1) is 0 Å². The Morgan fingerprint density at radius 2 is 1.75 bits per heavy atom. The van der Waals surface area contributed by atoms with E-state index in [9.17, 15) is 22.8 Å². The molecule has 0 bridgehead atoms. The highest BCUT2D eigenvalue weighted by Crippen LogP contribution is 2.12. The third-order valence-corrected chi connectivity index (χ3v) is 4.64. The van der Waals surface area contributed by atoms with E-state index in [1.54, 1.807) is 20.8 Å². The van der Waals surface area contributed by atoms with E-state index in [1.807, 2.05) is 0 Å². The highest BCUT2D eigenvalue weighted by atomic mass is 32.2. The van der Waals surface area contributed by atoms with Gasteiger partial charge in [0.15, 0.2) is 6.10 Å². The Balaban J connectivity index is 2.70. The van der Waals surface area contributed by atoms with Gasteiger partial charge in [0, 0.05) is 12.1 Å². The fraction of sp³-hybridized carbons (Fsp3) is 0.389. The van der Waals surface area contributed by atoms with E-state index in [0.717, 1.165) is 0 Å². The van der Waals surface area contributed by atoms with E-state index in [2.05, 4.69) is 21.9 Å². The van der Waals surface area contributed by atoms with Crippen LogP contribution in [0.25, 0.3) is 0 Å². The summed E-state index contributed by atoms with van der Waals surface area (Å²) in [5, 5.41) is 4.62. The predicted octanol–water partition coefficient (Wildman–Crippen LogP) is 1.32. The number of hydrogen-bond acceptors (Lipinski definition) is 6. The van der Waals surface area contributed by atoms with Gasteiger partial charge in [-0.15, -0.1) is 6.58 Å². The first-order valence-corrected chi connectivity index (χ1v) is 9.88. The molecule has 0 aromatic heterocycles. The van der Waals surface area contributed by atoms with E-state index in [-0.39, 0.29) is 17.0 Å². The van der Waals surface area contributed by atoms with Crippen molar-refractivity contribution >= 4 is 27.9 Å². The minimum absolute atomic E-state index is 0.0319. The number of urea groups is 1. The fourth-order valence-corrected chi connectivity index (χ4v) is 2.89. The molecule has 1 aromatic carbocycles. The lowest BCUT2D eigenvalue weighted by atomic mass is 10.1. The molecule has 0 radical (unpaired) electrons. The average molecular weight is 411 g/mol. The van der Waals surface area contributed by atoms with Gasteiger partial charge >= 0.3 is 12.0 Å². The van der Waals surface area contributed by atoms with E-state index in [0.29, 0.717) is 0 Å². The molecule has 154 valence electrons. The third-order valence-electron chi connectivity index (χ3n) is 3.20. The molecule has 3 N–H and O–H groups in total. The molecule has 0 aliphatic rings. The predicted molar refractivity (Wildman–Crippen MR) is 103 cm³/mol. The number of ether oxygens (including phenoxy) is 1. The van der Waals surface area contributed by atoms with Gasteiger partial charge in [-0.2, -0.15) is 0 Å². The lowest BCUT2D eigenvalue weighted by molar-refractivity contribution is -0.127. The second-order valence-corrected chi connectivity index (χ2v) is 8.67. The van der Waals surface area contributed by atoms with Gasteiger partial charge in [0.2, 0.25) is 10.0 Å². The Morgan fingerprint density at radius 1 is 1.18 bits per heavy atom. The molecule has 3 amide bonds. The average Bonchev–Trinajstić information content (AvgIpc) is 2.58. The van der Waals surface area contributed by atoms with Crippen LogP contribution in [0.15, 0.2) is 41.8 Å². The van der Waals surface area contributed by atoms with E-state index >= 15 is 0 Å². The maximum absolute atomic E-state index is 12.1. The second-order valence-electron chi connectivity index (χ2n) is 6.91. The smallest absolute Gasteiger partial charge is 0.338 e. The molecule has 1 atom stereocenters. The number of benzene rings is 1. The number of rotatable bonds is 7. The van der Waals surface area contributed by atoms with Gasteiger partial charge in [-0.3, -0.25) is 10.1 Å². The zero-order valence-corrected chi connectivity index (χ0v) is 17.1. The standard InChI is InChI=1S/C18H25N3O6S/c1-6-11-19-28(25,26)14-9-7-13(8-10-14)16(23)27-12(2)15(22)20-17(24)21-18(3,4)5/h6-10,12,19H,1,11H2,2-5H3,(H2,20,21,22,24)/t12-/m0/s1. The molecule has 1 rings (SSSR count). The fourth-order valence-electron chi connectivity index (χ4n) is 1.89. The molecule has 0 aliphatic carbocycles. The van der Waals surface area contributed by atoms with Crippen LogP contribution in [-0.4, -0.2) is 44.5 Å². The van der Waals surface area contributed by atoms with Gasteiger partial charge in [-0.05, 0) is 52.0 Å². The number of sulfonamides is 1. The molecule has 28 heavy (non-hydrogen) atoms. The van der Waals surface area contributed by atoms with Crippen LogP contribution in [0.5, 0.6) is 0 Å². The van der Waals surface area contributed by atoms with Gasteiger partial charge in [-0.25, -0.2) is 22.7 Å². The van der Waals surface area contributed by atoms with Crippen LogP contribution in [0.4, 0.5) is 4.79 Å². The van der Waals surface area contributed by atoms with E-state index in [1.165, 1.54) is 37.3 Å². The van der Waals surface area contributed by atoms with Crippen molar-refractivity contribution < 1.29 is 27.5 Å². The Morgan fingerprint density at radius 3 is 2.25 bits per heavy atom. The van der Waals surface area contributed by atoms with E-state index < -0.39 is 39.6 Å². The Bertz CT molecular complexity index is 841. The van der Waals surface area contributed by atoms with Crippen molar-refractivity contribution in [3.05, 3.63) is 42.5 Å². The first-order chi connectivity index (χ1) is 12.9. The molecular formula is C18H25N3O6S. The summed E-state index contributed by atoms with van der Waals surface area (Å²) in [7, 11) is -3.71. The van der Waals surface area contributed by atoms with E-state index in [4.69, 9.17) is 4.74 Å². The topological polar surface area (TPSA) is 131 Å². The van der Waals surface area contributed by atoms with Crippen LogP contribution in [0.2, 0.25) is 0 Å². The zero-order valence-electron chi connectivity index (χ0n) is 16.2. The number of carbonyl (C=O) groups is 3. The van der Waals surface area contributed by atoms with Crippen molar-refractivity contribution in [1.29, 1.82) is 0 Å². The van der Waals surface area contributed by atoms with Crippen molar-refractivity contribution in [1.82, 2.24) is 15.4 Å². The molecule has 0 saturated carbocycles. The first-order valence-electron chi connectivity index (χ1n) is 8.40. The van der Waals surface area contributed by atoms with Crippen LogP contribution >= 0.6 is 0 Å². The molecule has 1 aromatic rings. The lowest BCUT2D eigenvalue weighted by Crippen LogP contribution is -2.50. The number of hydrogen-bond donors (Lipinski definition) is 3. The van der Waals surface area contributed by atoms with Crippen LogP contribution in [0.3, 0.4) is 0 Å². The molecule has 9 nitrogen and oxygen atoms in total. The van der Waals surface area contributed by atoms with Crippen molar-refractivity contribution in [3.63, 3.8) is 0 Å². The summed E-state index contributed by atoms with van der Waals surface area (Å²) in [4.78, 5) is 35.7. The van der Waals surface area contributed by atoms with Crippen LogP contribution < -0.4 is 15.4 Å². The molecule has 0 fully saturated rings. The number of esters is 1. The van der Waals surface area contributed by atoms with Crippen molar-refractivity contribution in [3.8, 4) is 0 Å². The van der Waals surface area contributed by atoms with Gasteiger partial charge < -0.3 is 10.1 Å². The largest absolute Gasteiger partial charge is 0.449 e. The molecular weight excluding hydrogens is 386 g/mol. The summed E-state index contributed by atoms with van der Waals surface area (Å²) >= 11 is 0. The molecule has 0 aliphatic heterocycles. The Kier molecular flexibility index (Phi) is 7.89. The summed E-state index contributed by atoms with van der Waals surface area (Å²) in [6.45, 7) is 10.1. The minimum atomic E-state index is -3.71. The summed E-state index contributed by atoms with van der Waals surface area (Å²) in [5.74, 6) is -1.62. The minimum Gasteiger partial charge on any atom is -0.449 e. The lowest BCUT2D eigenvalue weighted by Gasteiger charge is -2.21. The van der Waals surface area contributed by atoms with Gasteiger partial charge in [0.25, 0.3) is 5.91 Å². The highest BCUT2D eigenvalue weighted by molar-refractivity contribution is 7.89. The zero-order chi connectivity index (χ0) is 21.5. The molecule has 10 heteroatoms. The molecule has 0 spiro atoms. The summed E-state index contributed by atoms with van der Waals surface area (Å²) < 4.78 is 31.3. The van der Waals surface area contributed by atoms with Crippen molar-refractivity contribution in [2.24, 2.45) is 0 Å². The first kappa shape index (κ1) is 23.3. The van der Waals surface area contributed by atoms with Gasteiger partial charge in [-0.1, -0.05) is 6.08 Å². The maximum Gasteiger partial charge on any atom is 0.338 e. The number of carbonyl (C=O) groups excluding carboxylic acids is 3. The van der Waals surface area contributed by atoms with Gasteiger partial charge in [0.05, 0.1) is 10.5 Å². The summed E-state index contributed by atoms with van der Waals surface area (Å²) in [6.07, 6.45) is 0.174. The Hall–Kier alpha value is -2.72. The number of imide groups is 1. The second kappa shape index (κ2) is 9.47. The highest BCUT2D eigenvalue weighted by Gasteiger charge is 2.23. The third kappa shape index (κ3) is 7.49. The molecule has 0 unspecified atom stereocenters. The maximum atomic E-state index is 12.1. The summed E-state index contributed by atoms with van der Waals surface area (Å²) in [6, 6.07) is 4.30. The van der Waals surface area contributed by atoms with Crippen molar-refractivity contribution in [2.45, 2.75) is 44.2 Å². The Labute approximate surface area is 164 Å². The SMILES string of the molecule is C=CCNS(=O)(=O)c1ccc(C(=O)O[C@@H](C)C(=O)NC(=O)NC(C)(C)C)cc1. The normalized spacial score (nSPS) is 12.6. The van der Waals surface area contributed by atoms with Crippen LogP contribution in [-0.2, 0) is 19.6 Å².